The van der Waals surface area contributed by atoms with Gasteiger partial charge in [-0.2, -0.15) is 0 Å². The van der Waals surface area contributed by atoms with E-state index in [4.69, 9.17) is 0 Å². The molecule has 0 nitrogen and oxygen atoms in total. The topological polar surface area (TPSA) is 0 Å². The molecule has 0 N–H and O–H groups in total. The number of aryl methyl sites for hydroxylation is 1. The van der Waals surface area contributed by atoms with Gasteiger partial charge in [0.15, 0.2) is 0 Å². The molecule has 0 aromatic carbocycles. The fourth-order valence-electron chi connectivity index (χ4n) is 1.72. The molecule has 0 atom stereocenters. The molecule has 1 heterocycles. The zero-order chi connectivity index (χ0) is 11.1. The molecule has 0 fully saturated rings. The average Bonchev–Trinajstić information content (AvgIpc) is 2.66. The van der Waals surface area contributed by atoms with Crippen LogP contribution in [0.25, 0.3) is 12.2 Å². The second kappa shape index (κ2) is 6.62. The predicted molar refractivity (Wildman–Crippen MR) is 72.3 cm³/mol. The molecule has 1 heteroatoms. The summed E-state index contributed by atoms with van der Waals surface area (Å²) in [7, 11) is 0. The highest BCUT2D eigenvalue weighted by molar-refractivity contribution is 7.10. The Morgan fingerprint density at radius 1 is 1.20 bits per heavy atom. The summed E-state index contributed by atoms with van der Waals surface area (Å²) in [6, 6.07) is 0. The smallest absolute Gasteiger partial charge is 0.0124 e. The second-order valence-electron chi connectivity index (χ2n) is 3.75. The van der Waals surface area contributed by atoms with Crippen LogP contribution in [-0.4, -0.2) is 0 Å². The van der Waals surface area contributed by atoms with E-state index in [1.165, 1.54) is 48.1 Å². The van der Waals surface area contributed by atoms with Gasteiger partial charge in [-0.25, -0.2) is 0 Å². The van der Waals surface area contributed by atoms with Crippen molar-refractivity contribution in [2.75, 3.05) is 0 Å². The van der Waals surface area contributed by atoms with Crippen LogP contribution in [0.5, 0.6) is 0 Å². The quantitative estimate of drug-likeness (QED) is 0.557. The van der Waals surface area contributed by atoms with Gasteiger partial charge in [0.1, 0.15) is 0 Å². The van der Waals surface area contributed by atoms with Crippen LogP contribution in [0, 0.1) is 0 Å². The van der Waals surface area contributed by atoms with Crippen LogP contribution in [0.3, 0.4) is 0 Å². The van der Waals surface area contributed by atoms with Crippen LogP contribution in [0.15, 0.2) is 18.5 Å². The summed E-state index contributed by atoms with van der Waals surface area (Å²) in [4.78, 5) is 1.47. The monoisotopic (exact) mass is 220 g/mol. The van der Waals surface area contributed by atoms with Crippen molar-refractivity contribution in [3.05, 3.63) is 34.5 Å². The van der Waals surface area contributed by atoms with Gasteiger partial charge in [0.05, 0.1) is 0 Å². The molecule has 82 valence electrons. The Labute approximate surface area is 97.3 Å². The van der Waals surface area contributed by atoms with Crippen LogP contribution in [0.1, 0.15) is 48.6 Å². The maximum absolute atomic E-state index is 3.88. The number of hydrogen-bond acceptors (Lipinski definition) is 1. The van der Waals surface area contributed by atoms with Gasteiger partial charge >= 0.3 is 0 Å². The lowest BCUT2D eigenvalue weighted by molar-refractivity contribution is 0.670. The van der Waals surface area contributed by atoms with Gasteiger partial charge in [-0.05, 0) is 29.3 Å². The lowest BCUT2D eigenvalue weighted by atomic mass is 10.1. The molecule has 0 amide bonds. The van der Waals surface area contributed by atoms with Crippen molar-refractivity contribution in [1.82, 2.24) is 0 Å². The highest BCUT2D eigenvalue weighted by Gasteiger charge is 2.05. The molecule has 0 bridgehead atoms. The van der Waals surface area contributed by atoms with Crippen molar-refractivity contribution >= 4 is 23.5 Å². The molecule has 15 heavy (non-hydrogen) atoms. The summed E-state index contributed by atoms with van der Waals surface area (Å²) in [5, 5.41) is 2.18. The van der Waals surface area contributed by atoms with Gasteiger partial charge in [-0.15, -0.1) is 11.3 Å². The fourth-order valence-corrected chi connectivity index (χ4v) is 2.80. The average molecular weight is 220 g/mol. The van der Waals surface area contributed by atoms with Crippen molar-refractivity contribution < 1.29 is 0 Å². The maximum atomic E-state index is 3.88. The van der Waals surface area contributed by atoms with Crippen molar-refractivity contribution in [3.63, 3.8) is 0 Å². The molecule has 1 aromatic rings. The van der Waals surface area contributed by atoms with E-state index < -0.39 is 0 Å². The minimum atomic E-state index is 1.19. The van der Waals surface area contributed by atoms with Gasteiger partial charge in [-0.3, -0.25) is 0 Å². The van der Waals surface area contributed by atoms with E-state index in [1.807, 2.05) is 23.5 Å². The molecule has 0 radical (unpaired) electrons. The second-order valence-corrected chi connectivity index (χ2v) is 4.71. The molecule has 0 saturated carbocycles. The van der Waals surface area contributed by atoms with Gasteiger partial charge < -0.3 is 0 Å². The highest BCUT2D eigenvalue weighted by Crippen LogP contribution is 2.26. The normalized spacial score (nSPS) is 10.2. The summed E-state index contributed by atoms with van der Waals surface area (Å²) in [6.45, 7) is 9.94. The Morgan fingerprint density at radius 2 is 2.00 bits per heavy atom. The third kappa shape index (κ3) is 3.35. The van der Waals surface area contributed by atoms with Gasteiger partial charge in [0.25, 0.3) is 0 Å². The molecule has 0 aliphatic rings. The van der Waals surface area contributed by atoms with Crippen molar-refractivity contribution in [3.8, 4) is 0 Å². The standard InChI is InChI=1S/C14H20S/c1-4-7-8-9-10-14-13(6-3)12(5-2)11-15-14/h5-6,11H,2-4,7-10H2,1H3. The van der Waals surface area contributed by atoms with Crippen LogP contribution < -0.4 is 0 Å². The van der Waals surface area contributed by atoms with Gasteiger partial charge in [0, 0.05) is 4.88 Å². The van der Waals surface area contributed by atoms with Crippen molar-refractivity contribution in [2.45, 2.75) is 39.0 Å². The zero-order valence-corrected chi connectivity index (χ0v) is 10.4. The van der Waals surface area contributed by atoms with Crippen molar-refractivity contribution in [1.29, 1.82) is 0 Å². The molecule has 0 spiro atoms. The van der Waals surface area contributed by atoms with Crippen LogP contribution in [0.2, 0.25) is 0 Å². The number of hydrogen-bond donors (Lipinski definition) is 0. The SMILES string of the molecule is C=Cc1csc(CCCCCC)c1C=C. The van der Waals surface area contributed by atoms with Crippen LogP contribution in [-0.2, 0) is 6.42 Å². The van der Waals surface area contributed by atoms with E-state index in [9.17, 15) is 0 Å². The third-order valence-electron chi connectivity index (χ3n) is 2.62. The van der Waals surface area contributed by atoms with Gasteiger partial charge in [-0.1, -0.05) is 51.5 Å². The summed E-state index contributed by atoms with van der Waals surface area (Å²) in [6.07, 6.45) is 10.4. The molecule has 1 aromatic heterocycles. The molecule has 0 unspecified atom stereocenters. The van der Waals surface area contributed by atoms with Crippen molar-refractivity contribution in [2.24, 2.45) is 0 Å². The van der Waals surface area contributed by atoms with Gasteiger partial charge in [0.2, 0.25) is 0 Å². The molecule has 1 rings (SSSR count). The number of thiophene rings is 1. The summed E-state index contributed by atoms with van der Waals surface area (Å²) >= 11 is 1.84. The zero-order valence-electron chi connectivity index (χ0n) is 9.59. The van der Waals surface area contributed by atoms with E-state index in [-0.39, 0.29) is 0 Å². The Hall–Kier alpha value is -0.820. The van der Waals surface area contributed by atoms with E-state index in [0.717, 1.165) is 0 Å². The molecule has 0 aliphatic heterocycles. The minimum Gasteiger partial charge on any atom is -0.148 e. The minimum absolute atomic E-state index is 1.19. The number of unbranched alkanes of at least 4 members (excludes halogenated alkanes) is 3. The number of rotatable bonds is 7. The highest BCUT2D eigenvalue weighted by atomic mass is 32.1. The van der Waals surface area contributed by atoms with E-state index in [0.29, 0.717) is 0 Å². The first-order valence-corrected chi connectivity index (χ1v) is 6.56. The van der Waals surface area contributed by atoms with E-state index in [2.05, 4.69) is 25.5 Å². The summed E-state index contributed by atoms with van der Waals surface area (Å²) < 4.78 is 0. The van der Waals surface area contributed by atoms with E-state index in [1.54, 1.807) is 0 Å². The molecular formula is C14H20S. The molecule has 0 aliphatic carbocycles. The lowest BCUT2D eigenvalue weighted by Crippen LogP contribution is -1.85. The molecule has 0 saturated heterocycles. The Balaban J connectivity index is 2.56. The first-order valence-electron chi connectivity index (χ1n) is 5.68. The summed E-state index contributed by atoms with van der Waals surface area (Å²) in [5.74, 6) is 0. The van der Waals surface area contributed by atoms with Crippen LogP contribution >= 0.6 is 11.3 Å². The molecular weight excluding hydrogens is 200 g/mol. The summed E-state index contributed by atoms with van der Waals surface area (Å²) in [5.41, 5.74) is 2.53. The third-order valence-corrected chi connectivity index (χ3v) is 3.70. The fraction of sp³-hybridized carbons (Fsp3) is 0.429. The van der Waals surface area contributed by atoms with E-state index >= 15 is 0 Å². The Morgan fingerprint density at radius 3 is 2.60 bits per heavy atom. The van der Waals surface area contributed by atoms with Crippen LogP contribution in [0.4, 0.5) is 0 Å². The maximum Gasteiger partial charge on any atom is 0.0124 e. The largest absolute Gasteiger partial charge is 0.148 e. The Bertz CT molecular complexity index is 320. The predicted octanol–water partition coefficient (Wildman–Crippen LogP) is 5.16. The first kappa shape index (κ1) is 12.3. The lowest BCUT2D eigenvalue weighted by Gasteiger charge is -2.00. The first-order chi connectivity index (χ1) is 7.33. The Kier molecular flexibility index (Phi) is 5.41.